The Kier molecular flexibility index (Phi) is 1.65. The summed E-state index contributed by atoms with van der Waals surface area (Å²) in [6, 6.07) is 0.550. The third kappa shape index (κ3) is 1.45. The van der Waals surface area contributed by atoms with E-state index in [0.717, 1.165) is 19.6 Å². The van der Waals surface area contributed by atoms with Gasteiger partial charge in [0.1, 0.15) is 0 Å². The van der Waals surface area contributed by atoms with Gasteiger partial charge >= 0.3 is 0 Å². The zero-order valence-corrected chi connectivity index (χ0v) is 4.65. The Morgan fingerprint density at radius 1 is 1.71 bits per heavy atom. The molecule has 1 rings (SSSR count). The number of rotatable bonds is 0. The quantitative estimate of drug-likeness (QED) is 0.438. The molecule has 7 heavy (non-hydrogen) atoms. The highest BCUT2D eigenvalue weighted by Gasteiger charge is 2.04. The lowest BCUT2D eigenvalue weighted by atomic mass is 10.3. The first kappa shape index (κ1) is 5.06. The second kappa shape index (κ2) is 2.28. The van der Waals surface area contributed by atoms with Gasteiger partial charge in [-0.05, 0) is 6.92 Å². The molecule has 1 radical (unpaired) electrons. The van der Waals surface area contributed by atoms with E-state index in [9.17, 15) is 0 Å². The van der Waals surface area contributed by atoms with Gasteiger partial charge < -0.3 is 5.32 Å². The summed E-state index contributed by atoms with van der Waals surface area (Å²) >= 11 is 0. The first-order valence-corrected chi connectivity index (χ1v) is 2.77. The molecule has 0 aromatic rings. The summed E-state index contributed by atoms with van der Waals surface area (Å²) in [5.74, 6) is 0. The molecule has 0 aromatic heterocycles. The Balaban J connectivity index is 2.12. The van der Waals surface area contributed by atoms with E-state index >= 15 is 0 Å². The van der Waals surface area contributed by atoms with Crippen LogP contribution in [0.25, 0.3) is 0 Å². The van der Waals surface area contributed by atoms with Crippen molar-refractivity contribution in [2.24, 2.45) is 0 Å². The number of hydrogen-bond acceptors (Lipinski definition) is 1. The zero-order chi connectivity index (χ0) is 5.11. The molecular formula is C5H11N2. The summed E-state index contributed by atoms with van der Waals surface area (Å²) in [7, 11) is 0. The van der Waals surface area contributed by atoms with Crippen LogP contribution in [0.5, 0.6) is 0 Å². The number of nitrogens with zero attached hydrogens (tertiary/aromatic N) is 1. The van der Waals surface area contributed by atoms with Gasteiger partial charge in [-0.3, -0.25) is 0 Å². The second-order valence-corrected chi connectivity index (χ2v) is 1.96. The van der Waals surface area contributed by atoms with Crippen LogP contribution in [-0.2, 0) is 0 Å². The van der Waals surface area contributed by atoms with E-state index in [1.54, 1.807) is 0 Å². The molecule has 0 saturated carbocycles. The lowest BCUT2D eigenvalue weighted by molar-refractivity contribution is 0.434. The Labute approximate surface area is 44.3 Å². The Morgan fingerprint density at radius 2 is 2.57 bits per heavy atom. The van der Waals surface area contributed by atoms with Gasteiger partial charge in [0.05, 0.1) is 0 Å². The Bertz CT molecular complexity index is 48.0. The minimum atomic E-state index is 0.550. The fraction of sp³-hybridized carbons (Fsp3) is 1.00. The van der Waals surface area contributed by atoms with E-state index in [0.29, 0.717) is 6.04 Å². The molecule has 0 aliphatic carbocycles. The first-order valence-electron chi connectivity index (χ1n) is 2.77. The van der Waals surface area contributed by atoms with Gasteiger partial charge in [-0.1, -0.05) is 0 Å². The van der Waals surface area contributed by atoms with Crippen LogP contribution in [0.1, 0.15) is 6.92 Å². The van der Waals surface area contributed by atoms with Gasteiger partial charge in [-0.15, -0.1) is 0 Å². The van der Waals surface area contributed by atoms with Crippen LogP contribution in [-0.4, -0.2) is 25.7 Å². The summed E-state index contributed by atoms with van der Waals surface area (Å²) in [5, 5.41) is 7.51. The maximum atomic E-state index is 4.27. The van der Waals surface area contributed by atoms with Crippen molar-refractivity contribution < 1.29 is 0 Å². The third-order valence-electron chi connectivity index (χ3n) is 1.17. The largest absolute Gasteiger partial charge is 0.314 e. The fourth-order valence-electron chi connectivity index (χ4n) is 0.739. The predicted octanol–water partition coefficient (Wildman–Crippen LogP) is -0.417. The number of piperazine rings is 1. The molecule has 2 heteroatoms. The molecule has 1 aliphatic heterocycles. The average molecular weight is 99.2 g/mol. The van der Waals surface area contributed by atoms with E-state index in [4.69, 9.17) is 0 Å². The first-order chi connectivity index (χ1) is 3.39. The van der Waals surface area contributed by atoms with Crippen LogP contribution < -0.4 is 10.6 Å². The molecule has 0 unspecified atom stereocenters. The molecule has 2 nitrogen and oxygen atoms in total. The Hall–Kier alpha value is -0.0800. The van der Waals surface area contributed by atoms with Crippen LogP contribution >= 0.6 is 0 Å². The van der Waals surface area contributed by atoms with Crippen LogP contribution in [0.15, 0.2) is 0 Å². The van der Waals surface area contributed by atoms with E-state index in [1.165, 1.54) is 0 Å². The molecular weight excluding hydrogens is 88.1 g/mol. The lowest BCUT2D eigenvalue weighted by Gasteiger charge is -2.17. The summed E-state index contributed by atoms with van der Waals surface area (Å²) < 4.78 is 0. The molecule has 1 fully saturated rings. The maximum Gasteiger partial charge on any atom is 0.0343 e. The van der Waals surface area contributed by atoms with Crippen molar-refractivity contribution >= 4 is 0 Å². The van der Waals surface area contributed by atoms with E-state index in [1.807, 2.05) is 0 Å². The molecule has 0 amide bonds. The third-order valence-corrected chi connectivity index (χ3v) is 1.17. The summed E-state index contributed by atoms with van der Waals surface area (Å²) in [4.78, 5) is 0. The molecule has 1 N–H and O–H groups in total. The SMILES string of the molecule is C[C@@H]1CNCC[N]1. The summed E-state index contributed by atoms with van der Waals surface area (Å²) in [6.45, 7) is 5.28. The normalized spacial score (nSPS) is 33.0. The molecule has 41 valence electrons. The van der Waals surface area contributed by atoms with Gasteiger partial charge in [-0.2, -0.15) is 0 Å². The molecule has 1 saturated heterocycles. The van der Waals surface area contributed by atoms with E-state index < -0.39 is 0 Å². The lowest BCUT2D eigenvalue weighted by Crippen LogP contribution is -2.42. The van der Waals surface area contributed by atoms with E-state index in [2.05, 4.69) is 17.6 Å². The fourth-order valence-corrected chi connectivity index (χ4v) is 0.739. The van der Waals surface area contributed by atoms with Crippen LogP contribution in [0, 0.1) is 0 Å². The average Bonchev–Trinajstić information content (AvgIpc) is 1.69. The maximum absolute atomic E-state index is 4.27. The van der Waals surface area contributed by atoms with Gasteiger partial charge in [0, 0.05) is 25.7 Å². The minimum Gasteiger partial charge on any atom is -0.314 e. The van der Waals surface area contributed by atoms with Crippen molar-refractivity contribution in [3.05, 3.63) is 0 Å². The highest BCUT2D eigenvalue weighted by atomic mass is 15.0. The van der Waals surface area contributed by atoms with Crippen molar-refractivity contribution in [2.45, 2.75) is 13.0 Å². The standard InChI is InChI=1S/C5H11N2/c1-5-4-6-2-3-7-5/h5-6H,2-4H2,1H3/t5-/m1/s1. The van der Waals surface area contributed by atoms with Crippen molar-refractivity contribution in [1.82, 2.24) is 10.6 Å². The molecule has 1 atom stereocenters. The zero-order valence-electron chi connectivity index (χ0n) is 4.65. The van der Waals surface area contributed by atoms with Crippen LogP contribution in [0.4, 0.5) is 0 Å². The second-order valence-electron chi connectivity index (χ2n) is 1.96. The molecule has 1 heterocycles. The highest BCUT2D eigenvalue weighted by molar-refractivity contribution is 4.68. The molecule has 0 bridgehead atoms. The van der Waals surface area contributed by atoms with Crippen molar-refractivity contribution in [3.63, 3.8) is 0 Å². The molecule has 0 spiro atoms. The van der Waals surface area contributed by atoms with Crippen LogP contribution in [0.2, 0.25) is 0 Å². The predicted molar refractivity (Wildman–Crippen MR) is 29.3 cm³/mol. The van der Waals surface area contributed by atoms with Gasteiger partial charge in [0.2, 0.25) is 0 Å². The number of nitrogens with one attached hydrogen (secondary N) is 1. The smallest absolute Gasteiger partial charge is 0.0343 e. The highest BCUT2D eigenvalue weighted by Crippen LogP contribution is 1.83. The van der Waals surface area contributed by atoms with Crippen LogP contribution in [0.3, 0.4) is 0 Å². The Morgan fingerprint density at radius 3 is 2.86 bits per heavy atom. The van der Waals surface area contributed by atoms with E-state index in [-0.39, 0.29) is 0 Å². The topological polar surface area (TPSA) is 26.1 Å². The number of hydrogen-bond donors (Lipinski definition) is 1. The van der Waals surface area contributed by atoms with Gasteiger partial charge in [0.25, 0.3) is 0 Å². The van der Waals surface area contributed by atoms with Crippen molar-refractivity contribution in [3.8, 4) is 0 Å². The summed E-state index contributed by atoms with van der Waals surface area (Å²) in [6.07, 6.45) is 0. The monoisotopic (exact) mass is 99.1 g/mol. The molecule has 1 aliphatic rings. The van der Waals surface area contributed by atoms with Gasteiger partial charge in [0.15, 0.2) is 0 Å². The summed E-state index contributed by atoms with van der Waals surface area (Å²) in [5.41, 5.74) is 0. The van der Waals surface area contributed by atoms with Crippen molar-refractivity contribution in [1.29, 1.82) is 0 Å². The van der Waals surface area contributed by atoms with Crippen molar-refractivity contribution in [2.75, 3.05) is 19.6 Å². The molecule has 0 aromatic carbocycles. The van der Waals surface area contributed by atoms with Gasteiger partial charge in [-0.25, -0.2) is 5.32 Å². The minimum absolute atomic E-state index is 0.550.